The van der Waals surface area contributed by atoms with Gasteiger partial charge in [0.05, 0.1) is 17.7 Å². The average Bonchev–Trinajstić information content (AvgIpc) is 2.24. The van der Waals surface area contributed by atoms with Crippen molar-refractivity contribution in [1.82, 2.24) is 5.32 Å². The number of hydrogen-bond donors (Lipinski definition) is 2. The molecule has 4 nitrogen and oxygen atoms in total. The maximum atomic E-state index is 12.5. The molecule has 0 aliphatic carbocycles. The van der Waals surface area contributed by atoms with E-state index in [-0.39, 0.29) is 0 Å². The van der Waals surface area contributed by atoms with Crippen molar-refractivity contribution in [1.29, 1.82) is 0 Å². The van der Waals surface area contributed by atoms with Gasteiger partial charge in [-0.2, -0.15) is 13.2 Å². The molecule has 1 rings (SSSR count). The van der Waals surface area contributed by atoms with Crippen LogP contribution >= 0.6 is 0 Å². The second-order valence-electron chi connectivity index (χ2n) is 3.19. The van der Waals surface area contributed by atoms with Gasteiger partial charge < -0.3 is 11.1 Å². The van der Waals surface area contributed by atoms with Crippen LogP contribution in [0.5, 0.6) is 0 Å². The Hall–Kier alpha value is -2.05. The van der Waals surface area contributed by atoms with Gasteiger partial charge in [-0.25, -0.2) is 0 Å². The molecule has 0 aliphatic heterocycles. The van der Waals surface area contributed by atoms with E-state index in [9.17, 15) is 22.8 Å². The van der Waals surface area contributed by atoms with Gasteiger partial charge in [-0.3, -0.25) is 9.59 Å². The molecule has 0 unspecified atom stereocenters. The highest BCUT2D eigenvalue weighted by Crippen LogP contribution is 2.31. The van der Waals surface area contributed by atoms with Gasteiger partial charge in [-0.15, -0.1) is 0 Å². The number of nitrogens with two attached hydrogens (primary N) is 1. The number of hydrogen-bond acceptors (Lipinski definition) is 2. The second kappa shape index (κ2) is 4.86. The molecule has 0 heterocycles. The predicted molar refractivity (Wildman–Crippen MR) is 53.0 cm³/mol. The first kappa shape index (κ1) is 13.0. The molecule has 92 valence electrons. The number of primary amides is 1. The van der Waals surface area contributed by atoms with Crippen molar-refractivity contribution in [3.63, 3.8) is 0 Å². The molecule has 0 bridgehead atoms. The van der Waals surface area contributed by atoms with Gasteiger partial charge in [0.15, 0.2) is 0 Å². The topological polar surface area (TPSA) is 72.2 Å². The SMILES string of the molecule is NC(=O)CNC(=O)c1ccccc1C(F)(F)F. The van der Waals surface area contributed by atoms with E-state index >= 15 is 0 Å². The molecular weight excluding hydrogens is 237 g/mol. The van der Waals surface area contributed by atoms with Crippen LogP contribution in [0.4, 0.5) is 13.2 Å². The van der Waals surface area contributed by atoms with Crippen LogP contribution in [0.1, 0.15) is 15.9 Å². The van der Waals surface area contributed by atoms with Crippen LogP contribution < -0.4 is 11.1 Å². The Labute approximate surface area is 94.6 Å². The fraction of sp³-hybridized carbons (Fsp3) is 0.200. The van der Waals surface area contributed by atoms with E-state index in [1.165, 1.54) is 12.1 Å². The van der Waals surface area contributed by atoms with E-state index in [4.69, 9.17) is 5.73 Å². The van der Waals surface area contributed by atoms with Gasteiger partial charge >= 0.3 is 6.18 Å². The summed E-state index contributed by atoms with van der Waals surface area (Å²) >= 11 is 0. The third-order valence-corrected chi connectivity index (χ3v) is 1.90. The molecule has 0 saturated heterocycles. The Morgan fingerprint density at radius 2 is 1.82 bits per heavy atom. The highest BCUT2D eigenvalue weighted by molar-refractivity contribution is 5.97. The van der Waals surface area contributed by atoms with Crippen molar-refractivity contribution in [2.45, 2.75) is 6.18 Å². The number of carbonyl (C=O) groups is 2. The van der Waals surface area contributed by atoms with E-state index in [0.29, 0.717) is 0 Å². The number of amides is 2. The molecule has 3 N–H and O–H groups in total. The minimum Gasteiger partial charge on any atom is -0.368 e. The van der Waals surface area contributed by atoms with Crippen molar-refractivity contribution in [3.05, 3.63) is 35.4 Å². The summed E-state index contributed by atoms with van der Waals surface area (Å²) in [7, 11) is 0. The third-order valence-electron chi connectivity index (χ3n) is 1.90. The lowest BCUT2D eigenvalue weighted by Gasteiger charge is -2.11. The highest BCUT2D eigenvalue weighted by Gasteiger charge is 2.34. The number of rotatable bonds is 3. The fourth-order valence-corrected chi connectivity index (χ4v) is 1.19. The minimum atomic E-state index is -4.62. The fourth-order valence-electron chi connectivity index (χ4n) is 1.19. The first-order valence-electron chi connectivity index (χ1n) is 4.55. The zero-order valence-electron chi connectivity index (χ0n) is 8.54. The molecular formula is C10H9F3N2O2. The lowest BCUT2D eigenvalue weighted by atomic mass is 10.1. The van der Waals surface area contributed by atoms with Crippen LogP contribution in [0.2, 0.25) is 0 Å². The molecule has 0 atom stereocenters. The molecule has 0 fully saturated rings. The van der Waals surface area contributed by atoms with Crippen LogP contribution in [0, 0.1) is 0 Å². The zero-order chi connectivity index (χ0) is 13.1. The molecule has 7 heteroatoms. The Morgan fingerprint density at radius 1 is 1.24 bits per heavy atom. The van der Waals surface area contributed by atoms with Gasteiger partial charge in [0.1, 0.15) is 0 Å². The summed E-state index contributed by atoms with van der Waals surface area (Å²) in [6.07, 6.45) is -4.62. The largest absolute Gasteiger partial charge is 0.417 e. The Kier molecular flexibility index (Phi) is 3.72. The first-order chi connectivity index (χ1) is 7.82. The van der Waals surface area contributed by atoms with Gasteiger partial charge in [-0.1, -0.05) is 12.1 Å². The maximum absolute atomic E-state index is 12.5. The van der Waals surface area contributed by atoms with E-state index in [0.717, 1.165) is 12.1 Å². The third kappa shape index (κ3) is 3.47. The van der Waals surface area contributed by atoms with Crippen LogP contribution in [-0.4, -0.2) is 18.4 Å². The maximum Gasteiger partial charge on any atom is 0.417 e. The molecule has 0 saturated carbocycles. The van der Waals surface area contributed by atoms with Gasteiger partial charge in [0.25, 0.3) is 5.91 Å². The summed E-state index contributed by atoms with van der Waals surface area (Å²) in [5, 5.41) is 2.00. The summed E-state index contributed by atoms with van der Waals surface area (Å²) in [5.74, 6) is -1.82. The van der Waals surface area contributed by atoms with Gasteiger partial charge in [0.2, 0.25) is 5.91 Å². The summed E-state index contributed by atoms with van der Waals surface area (Å²) in [6.45, 7) is -0.509. The summed E-state index contributed by atoms with van der Waals surface area (Å²) < 4.78 is 37.6. The van der Waals surface area contributed by atoms with Gasteiger partial charge in [-0.05, 0) is 12.1 Å². The molecule has 0 aromatic heterocycles. The monoisotopic (exact) mass is 246 g/mol. The number of halogens is 3. The van der Waals surface area contributed by atoms with Crippen molar-refractivity contribution in [2.75, 3.05) is 6.54 Å². The first-order valence-corrected chi connectivity index (χ1v) is 4.55. The highest BCUT2D eigenvalue weighted by atomic mass is 19.4. The molecule has 1 aromatic carbocycles. The molecule has 17 heavy (non-hydrogen) atoms. The molecule has 2 amide bonds. The molecule has 0 aliphatic rings. The van der Waals surface area contributed by atoms with Crippen LogP contribution in [0.25, 0.3) is 0 Å². The van der Waals surface area contributed by atoms with Crippen LogP contribution in [-0.2, 0) is 11.0 Å². The van der Waals surface area contributed by atoms with Gasteiger partial charge in [0, 0.05) is 0 Å². The lowest BCUT2D eigenvalue weighted by molar-refractivity contribution is -0.137. The van der Waals surface area contributed by atoms with E-state index in [2.05, 4.69) is 0 Å². The minimum absolute atomic E-state index is 0.509. The van der Waals surface area contributed by atoms with Crippen molar-refractivity contribution in [3.8, 4) is 0 Å². The van der Waals surface area contributed by atoms with E-state index < -0.39 is 35.7 Å². The summed E-state index contributed by atoms with van der Waals surface area (Å²) in [5.41, 5.74) is 3.17. The Morgan fingerprint density at radius 3 is 2.35 bits per heavy atom. The number of nitrogens with one attached hydrogen (secondary N) is 1. The average molecular weight is 246 g/mol. The standard InChI is InChI=1S/C10H9F3N2O2/c11-10(12,13)7-4-2-1-3-6(7)9(17)15-5-8(14)16/h1-4H,5H2,(H2,14,16)(H,15,17). The summed E-state index contributed by atoms with van der Waals surface area (Å²) in [6, 6.07) is 4.29. The Bertz CT molecular complexity index is 443. The van der Waals surface area contributed by atoms with E-state index in [1.54, 1.807) is 0 Å². The smallest absolute Gasteiger partial charge is 0.368 e. The normalized spacial score (nSPS) is 11.0. The molecule has 0 spiro atoms. The zero-order valence-corrected chi connectivity index (χ0v) is 8.54. The van der Waals surface area contributed by atoms with Crippen LogP contribution in [0.15, 0.2) is 24.3 Å². The lowest BCUT2D eigenvalue weighted by Crippen LogP contribution is -2.34. The van der Waals surface area contributed by atoms with Crippen LogP contribution in [0.3, 0.4) is 0 Å². The van der Waals surface area contributed by atoms with E-state index in [1.807, 2.05) is 5.32 Å². The molecule has 0 radical (unpaired) electrons. The number of benzene rings is 1. The quantitative estimate of drug-likeness (QED) is 0.832. The molecule has 1 aromatic rings. The second-order valence-corrected chi connectivity index (χ2v) is 3.19. The number of carbonyl (C=O) groups excluding carboxylic acids is 2. The summed E-state index contributed by atoms with van der Waals surface area (Å²) in [4.78, 5) is 21.8. The predicted octanol–water partition coefficient (Wildman–Crippen LogP) is 0.921. The number of alkyl halides is 3. The Balaban J connectivity index is 2.98. The van der Waals surface area contributed by atoms with Crippen molar-refractivity contribution in [2.24, 2.45) is 5.73 Å². The van der Waals surface area contributed by atoms with Crippen molar-refractivity contribution >= 4 is 11.8 Å². The van der Waals surface area contributed by atoms with Crippen molar-refractivity contribution < 1.29 is 22.8 Å².